The van der Waals surface area contributed by atoms with Crippen LogP contribution >= 0.6 is 0 Å². The molecule has 3 rings (SSSR count). The fraction of sp³-hybridized carbons (Fsp3) is 0.222. The number of benzene rings is 2. The number of aromatic nitrogens is 2. The van der Waals surface area contributed by atoms with E-state index in [0.717, 1.165) is 6.07 Å². The van der Waals surface area contributed by atoms with Crippen LogP contribution < -0.4 is 10.9 Å². The smallest absolute Gasteiger partial charge is 0.258 e. The van der Waals surface area contributed by atoms with E-state index in [9.17, 15) is 13.6 Å². The average Bonchev–Trinajstić information content (AvgIpc) is 2.54. The maximum absolute atomic E-state index is 13.9. The Hall–Kier alpha value is -2.60. The molecule has 2 aromatic carbocycles. The minimum Gasteiger partial charge on any atom is -0.309 e. The first kappa shape index (κ1) is 16.3. The van der Waals surface area contributed by atoms with E-state index in [4.69, 9.17) is 0 Å². The number of halogens is 2. The van der Waals surface area contributed by atoms with Crippen LogP contribution in [0.3, 0.4) is 0 Å². The zero-order chi connectivity index (χ0) is 17.3. The lowest BCUT2D eigenvalue weighted by Crippen LogP contribution is -2.26. The Balaban J connectivity index is 1.86. The van der Waals surface area contributed by atoms with Crippen LogP contribution in [0.5, 0.6) is 0 Å². The molecule has 0 aliphatic rings. The molecule has 24 heavy (non-hydrogen) atoms. The summed E-state index contributed by atoms with van der Waals surface area (Å²) in [5, 5.41) is 3.69. The van der Waals surface area contributed by atoms with Gasteiger partial charge in [0.05, 0.1) is 16.9 Å². The van der Waals surface area contributed by atoms with Crippen molar-refractivity contribution >= 4 is 10.9 Å². The number of hydrogen-bond acceptors (Lipinski definition) is 3. The topological polar surface area (TPSA) is 57.8 Å². The van der Waals surface area contributed by atoms with Gasteiger partial charge in [0.25, 0.3) is 5.56 Å². The summed E-state index contributed by atoms with van der Waals surface area (Å²) < 4.78 is 26.9. The molecular formula is C18H17F2N3O. The van der Waals surface area contributed by atoms with Gasteiger partial charge < -0.3 is 10.3 Å². The highest BCUT2D eigenvalue weighted by atomic mass is 19.1. The Kier molecular flexibility index (Phi) is 4.40. The number of para-hydroxylation sites is 1. The van der Waals surface area contributed by atoms with Crippen LogP contribution in [0.1, 0.15) is 37.3 Å². The number of aromatic amines is 1. The highest BCUT2D eigenvalue weighted by Crippen LogP contribution is 2.21. The van der Waals surface area contributed by atoms with Gasteiger partial charge in [0, 0.05) is 17.7 Å². The number of nitrogens with zero attached hydrogens (tertiary/aromatic N) is 1. The Morgan fingerprint density at radius 1 is 1.08 bits per heavy atom. The number of nitrogens with one attached hydrogen (secondary N) is 2. The third-order valence-corrected chi connectivity index (χ3v) is 3.97. The van der Waals surface area contributed by atoms with Gasteiger partial charge >= 0.3 is 0 Å². The molecule has 0 saturated heterocycles. The molecule has 0 unspecified atom stereocenters. The summed E-state index contributed by atoms with van der Waals surface area (Å²) in [4.78, 5) is 19.3. The van der Waals surface area contributed by atoms with Crippen molar-refractivity contribution in [1.82, 2.24) is 15.3 Å². The minimum absolute atomic E-state index is 0.218. The molecule has 1 heterocycles. The number of H-pyrrole nitrogens is 1. The molecule has 3 aromatic rings. The van der Waals surface area contributed by atoms with Crippen molar-refractivity contribution in [3.63, 3.8) is 0 Å². The molecule has 0 fully saturated rings. The second-order valence-electron chi connectivity index (χ2n) is 5.74. The van der Waals surface area contributed by atoms with Crippen molar-refractivity contribution in [3.8, 4) is 0 Å². The van der Waals surface area contributed by atoms with Crippen molar-refractivity contribution in [2.45, 2.75) is 25.9 Å². The second kappa shape index (κ2) is 6.49. The molecule has 2 atom stereocenters. The molecule has 0 saturated carbocycles. The van der Waals surface area contributed by atoms with Crippen molar-refractivity contribution in [2.24, 2.45) is 0 Å². The van der Waals surface area contributed by atoms with E-state index < -0.39 is 11.6 Å². The van der Waals surface area contributed by atoms with Gasteiger partial charge in [-0.3, -0.25) is 4.79 Å². The lowest BCUT2D eigenvalue weighted by Gasteiger charge is -2.20. The highest BCUT2D eigenvalue weighted by Gasteiger charge is 2.17. The van der Waals surface area contributed by atoms with Crippen molar-refractivity contribution < 1.29 is 8.78 Å². The zero-order valence-corrected chi connectivity index (χ0v) is 13.3. The van der Waals surface area contributed by atoms with Gasteiger partial charge in [0.2, 0.25) is 0 Å². The average molecular weight is 329 g/mol. The molecule has 0 spiro atoms. The lowest BCUT2D eigenvalue weighted by molar-refractivity contribution is 0.457. The molecule has 0 aliphatic carbocycles. The summed E-state index contributed by atoms with van der Waals surface area (Å²) in [7, 11) is 0. The molecule has 1 aromatic heterocycles. The van der Waals surface area contributed by atoms with Crippen LogP contribution in [-0.4, -0.2) is 9.97 Å². The number of rotatable bonds is 4. The summed E-state index contributed by atoms with van der Waals surface area (Å²) >= 11 is 0. The van der Waals surface area contributed by atoms with Crippen molar-refractivity contribution in [3.05, 3.63) is 75.8 Å². The predicted octanol–water partition coefficient (Wildman–Crippen LogP) is 3.61. The summed E-state index contributed by atoms with van der Waals surface area (Å²) in [6.07, 6.45) is 0. The Morgan fingerprint density at radius 3 is 2.58 bits per heavy atom. The summed E-state index contributed by atoms with van der Waals surface area (Å²) in [6, 6.07) is 9.85. The Bertz CT molecular complexity index is 939. The molecule has 0 radical (unpaired) electrons. The minimum atomic E-state index is -0.614. The fourth-order valence-corrected chi connectivity index (χ4v) is 2.71. The quantitative estimate of drug-likeness (QED) is 0.769. The van der Waals surface area contributed by atoms with Crippen LogP contribution in [0, 0.1) is 11.6 Å². The molecule has 6 heteroatoms. The molecule has 124 valence electrons. The van der Waals surface area contributed by atoms with E-state index in [1.807, 2.05) is 13.0 Å². The fourth-order valence-electron chi connectivity index (χ4n) is 2.71. The first-order valence-electron chi connectivity index (χ1n) is 7.65. The third kappa shape index (κ3) is 3.19. The van der Waals surface area contributed by atoms with Crippen LogP contribution in [0.25, 0.3) is 10.9 Å². The van der Waals surface area contributed by atoms with Gasteiger partial charge in [-0.05, 0) is 32.0 Å². The van der Waals surface area contributed by atoms with E-state index in [1.165, 1.54) is 12.1 Å². The van der Waals surface area contributed by atoms with Gasteiger partial charge in [-0.2, -0.15) is 0 Å². The molecule has 0 aliphatic heterocycles. The van der Waals surface area contributed by atoms with Gasteiger partial charge in [-0.25, -0.2) is 13.8 Å². The number of fused-ring (bicyclic) bond motifs is 1. The normalized spacial score (nSPS) is 13.8. The zero-order valence-electron chi connectivity index (χ0n) is 13.3. The maximum Gasteiger partial charge on any atom is 0.258 e. The van der Waals surface area contributed by atoms with Crippen LogP contribution in [0.4, 0.5) is 8.78 Å². The second-order valence-corrected chi connectivity index (χ2v) is 5.74. The standard InChI is InChI=1S/C18H17F2N3O/c1-10(13-8-7-12(19)9-15(13)20)21-11(2)17-22-16-6-4-3-5-14(16)18(24)23-17/h3-11,21H,1-2H3,(H,22,23,24)/t10-,11-/m1/s1. The molecule has 0 bridgehead atoms. The van der Waals surface area contributed by atoms with Crippen molar-refractivity contribution in [1.29, 1.82) is 0 Å². The predicted molar refractivity (Wildman–Crippen MR) is 88.7 cm³/mol. The van der Waals surface area contributed by atoms with Gasteiger partial charge in [0.1, 0.15) is 17.5 Å². The van der Waals surface area contributed by atoms with E-state index in [-0.39, 0.29) is 17.6 Å². The number of hydrogen-bond donors (Lipinski definition) is 2. The van der Waals surface area contributed by atoms with E-state index in [2.05, 4.69) is 15.3 Å². The van der Waals surface area contributed by atoms with Crippen LogP contribution in [0.2, 0.25) is 0 Å². The molecule has 0 amide bonds. The molecule has 2 N–H and O–H groups in total. The monoisotopic (exact) mass is 329 g/mol. The maximum atomic E-state index is 13.9. The molecular weight excluding hydrogens is 312 g/mol. The summed E-state index contributed by atoms with van der Waals surface area (Å²) in [5.41, 5.74) is 0.738. The first-order valence-corrected chi connectivity index (χ1v) is 7.65. The summed E-state index contributed by atoms with van der Waals surface area (Å²) in [5.74, 6) is -0.757. The molecule has 4 nitrogen and oxygen atoms in total. The Labute approximate surface area is 137 Å². The highest BCUT2D eigenvalue weighted by molar-refractivity contribution is 5.77. The van der Waals surface area contributed by atoms with Gasteiger partial charge in [-0.1, -0.05) is 18.2 Å². The van der Waals surface area contributed by atoms with Crippen LogP contribution in [0.15, 0.2) is 47.3 Å². The van der Waals surface area contributed by atoms with Crippen LogP contribution in [-0.2, 0) is 0 Å². The van der Waals surface area contributed by atoms with Gasteiger partial charge in [0.15, 0.2) is 0 Å². The van der Waals surface area contributed by atoms with Gasteiger partial charge in [-0.15, -0.1) is 0 Å². The third-order valence-electron chi connectivity index (χ3n) is 3.97. The lowest BCUT2D eigenvalue weighted by atomic mass is 10.1. The van der Waals surface area contributed by atoms with E-state index in [1.54, 1.807) is 25.1 Å². The Morgan fingerprint density at radius 2 is 1.83 bits per heavy atom. The first-order chi connectivity index (χ1) is 11.5. The van der Waals surface area contributed by atoms with Crippen molar-refractivity contribution in [2.75, 3.05) is 0 Å². The van der Waals surface area contributed by atoms with E-state index in [0.29, 0.717) is 22.3 Å². The largest absolute Gasteiger partial charge is 0.309 e. The van der Waals surface area contributed by atoms with E-state index >= 15 is 0 Å². The SMILES string of the molecule is C[C@@H](N[C@H](C)c1ccc(F)cc1F)c1nc2ccccc2c(=O)[nH]1. The summed E-state index contributed by atoms with van der Waals surface area (Å²) in [6.45, 7) is 3.59.